The highest BCUT2D eigenvalue weighted by Crippen LogP contribution is 1.99. The number of aliphatic imine (C=N–C) groups is 1. The Labute approximate surface area is 97.4 Å². The lowest BCUT2D eigenvalue weighted by Crippen LogP contribution is -2.45. The number of ether oxygens (including phenoxy) is 1. The molecule has 0 saturated carbocycles. The van der Waals surface area contributed by atoms with Gasteiger partial charge in [-0.3, -0.25) is 9.79 Å². The zero-order valence-electron chi connectivity index (χ0n) is 10.7. The lowest BCUT2D eigenvalue weighted by molar-refractivity contribution is -0.140. The number of nitrogens with zero attached hydrogens (tertiary/aromatic N) is 1. The summed E-state index contributed by atoms with van der Waals surface area (Å²) in [6.07, 6.45) is 2.05. The molecule has 94 valence electrons. The van der Waals surface area contributed by atoms with Crippen LogP contribution in [0.2, 0.25) is 0 Å². The van der Waals surface area contributed by atoms with Gasteiger partial charge < -0.3 is 15.8 Å². The van der Waals surface area contributed by atoms with Gasteiger partial charge in [-0.15, -0.1) is 0 Å². The number of unbranched alkanes of at least 4 members (excludes halogenated alkanes) is 1. The molecule has 0 aliphatic carbocycles. The average Bonchev–Trinajstić information content (AvgIpc) is 2.14. The van der Waals surface area contributed by atoms with Crippen molar-refractivity contribution in [1.29, 1.82) is 0 Å². The van der Waals surface area contributed by atoms with Gasteiger partial charge in [0.05, 0.1) is 7.11 Å². The number of esters is 1. The Morgan fingerprint density at radius 3 is 2.50 bits per heavy atom. The Morgan fingerprint density at radius 1 is 1.38 bits per heavy atom. The quantitative estimate of drug-likeness (QED) is 0.319. The normalized spacial score (nSPS) is 12.4. The van der Waals surface area contributed by atoms with Crippen molar-refractivity contribution >= 4 is 11.9 Å². The van der Waals surface area contributed by atoms with Gasteiger partial charge in [-0.2, -0.15) is 0 Å². The van der Waals surface area contributed by atoms with E-state index in [0.29, 0.717) is 18.9 Å². The highest BCUT2D eigenvalue weighted by molar-refractivity contribution is 5.78. The molecule has 3 N–H and O–H groups in total. The van der Waals surface area contributed by atoms with Crippen LogP contribution in [0.1, 0.15) is 40.0 Å². The Balaban J connectivity index is 3.64. The van der Waals surface area contributed by atoms with E-state index in [2.05, 4.69) is 15.0 Å². The second-order valence-electron chi connectivity index (χ2n) is 4.68. The molecule has 5 heteroatoms. The summed E-state index contributed by atoms with van der Waals surface area (Å²) in [5.74, 6) is 0.273. The second kappa shape index (κ2) is 7.09. The van der Waals surface area contributed by atoms with Gasteiger partial charge in [0.25, 0.3) is 0 Å². The minimum Gasteiger partial charge on any atom is -0.469 e. The van der Waals surface area contributed by atoms with E-state index >= 15 is 0 Å². The lowest BCUT2D eigenvalue weighted by atomic mass is 10.1. The van der Waals surface area contributed by atoms with Crippen molar-refractivity contribution in [3.8, 4) is 0 Å². The summed E-state index contributed by atoms with van der Waals surface area (Å²) < 4.78 is 4.53. The smallest absolute Gasteiger partial charge is 0.305 e. The number of nitrogens with two attached hydrogens (primary N) is 1. The second-order valence-corrected chi connectivity index (χ2v) is 4.68. The minimum absolute atomic E-state index is 0.0698. The van der Waals surface area contributed by atoms with Crippen molar-refractivity contribution < 1.29 is 9.53 Å². The number of hydrogen-bond acceptors (Lipinski definition) is 3. The van der Waals surface area contributed by atoms with Crippen molar-refractivity contribution in [2.75, 3.05) is 13.7 Å². The summed E-state index contributed by atoms with van der Waals surface area (Å²) in [4.78, 5) is 15.0. The maximum absolute atomic E-state index is 10.8. The first-order valence-electron chi connectivity index (χ1n) is 5.50. The first kappa shape index (κ1) is 14.7. The van der Waals surface area contributed by atoms with Gasteiger partial charge >= 0.3 is 5.97 Å². The summed E-state index contributed by atoms with van der Waals surface area (Å²) in [5, 5.41) is 3.07. The zero-order valence-corrected chi connectivity index (χ0v) is 10.7. The van der Waals surface area contributed by atoms with E-state index in [4.69, 9.17) is 5.73 Å². The van der Waals surface area contributed by atoms with Crippen LogP contribution in [0, 0.1) is 0 Å². The molecule has 0 aromatic carbocycles. The van der Waals surface area contributed by atoms with Gasteiger partial charge in [-0.25, -0.2) is 0 Å². The molecule has 0 aromatic heterocycles. The summed E-state index contributed by atoms with van der Waals surface area (Å²) in [7, 11) is 1.39. The number of methoxy groups -OCH3 is 1. The Bertz CT molecular complexity index is 244. The Morgan fingerprint density at radius 2 is 2.00 bits per heavy atom. The number of carbonyl (C=O) groups excluding carboxylic acids is 1. The molecule has 0 aliphatic rings. The number of hydrogen-bond donors (Lipinski definition) is 2. The van der Waals surface area contributed by atoms with Crippen LogP contribution >= 0.6 is 0 Å². The topological polar surface area (TPSA) is 76.7 Å². The highest BCUT2D eigenvalue weighted by Gasteiger charge is 2.09. The Hall–Kier alpha value is -1.26. The van der Waals surface area contributed by atoms with Crippen LogP contribution in [-0.2, 0) is 9.53 Å². The number of carbonyl (C=O) groups is 1. The molecule has 0 spiro atoms. The largest absolute Gasteiger partial charge is 0.469 e. The van der Waals surface area contributed by atoms with Crippen LogP contribution in [0.15, 0.2) is 4.99 Å². The molecule has 0 aliphatic heterocycles. The summed E-state index contributed by atoms with van der Waals surface area (Å²) in [6.45, 7) is 6.69. The molecule has 0 unspecified atom stereocenters. The molecule has 0 aromatic rings. The minimum atomic E-state index is -0.176. The van der Waals surface area contributed by atoms with Crippen molar-refractivity contribution in [2.24, 2.45) is 10.7 Å². The van der Waals surface area contributed by atoms with Gasteiger partial charge in [0.15, 0.2) is 5.96 Å². The third-order valence-corrected chi connectivity index (χ3v) is 1.80. The predicted octanol–water partition coefficient (Wildman–Crippen LogP) is 1.03. The van der Waals surface area contributed by atoms with Crippen LogP contribution in [-0.4, -0.2) is 31.1 Å². The number of nitrogens with one attached hydrogen (secondary N) is 1. The van der Waals surface area contributed by atoms with E-state index in [9.17, 15) is 4.79 Å². The molecule has 0 amide bonds. The van der Waals surface area contributed by atoms with Crippen LogP contribution < -0.4 is 11.1 Å². The number of guanidine groups is 1. The van der Waals surface area contributed by atoms with Gasteiger partial charge in [0.1, 0.15) is 0 Å². The molecule has 0 atom stereocenters. The van der Waals surface area contributed by atoms with Gasteiger partial charge in [-0.1, -0.05) is 0 Å². The van der Waals surface area contributed by atoms with Crippen molar-refractivity contribution in [1.82, 2.24) is 5.32 Å². The van der Waals surface area contributed by atoms with Crippen LogP contribution in [0.5, 0.6) is 0 Å². The summed E-state index contributed by atoms with van der Waals surface area (Å²) in [6, 6.07) is 0. The molecule has 0 radical (unpaired) electrons. The fraction of sp³-hybridized carbons (Fsp3) is 0.818. The SMILES string of the molecule is COC(=O)CCCCN=C(N)NC(C)(C)C. The van der Waals surface area contributed by atoms with Gasteiger partial charge in [-0.05, 0) is 33.6 Å². The summed E-state index contributed by atoms with van der Waals surface area (Å²) in [5.41, 5.74) is 5.61. The van der Waals surface area contributed by atoms with Crippen LogP contribution in [0.3, 0.4) is 0 Å². The Kier molecular flexibility index (Phi) is 6.53. The third kappa shape index (κ3) is 9.30. The lowest BCUT2D eigenvalue weighted by Gasteiger charge is -2.20. The summed E-state index contributed by atoms with van der Waals surface area (Å²) >= 11 is 0. The molecule has 0 saturated heterocycles. The van der Waals surface area contributed by atoms with Crippen molar-refractivity contribution in [3.05, 3.63) is 0 Å². The van der Waals surface area contributed by atoms with Crippen LogP contribution in [0.25, 0.3) is 0 Å². The average molecular weight is 229 g/mol. The molecule has 0 bridgehead atoms. The maximum Gasteiger partial charge on any atom is 0.305 e. The zero-order chi connectivity index (χ0) is 12.6. The molecule has 0 rings (SSSR count). The highest BCUT2D eigenvalue weighted by atomic mass is 16.5. The third-order valence-electron chi connectivity index (χ3n) is 1.80. The molecule has 0 fully saturated rings. The molecule has 16 heavy (non-hydrogen) atoms. The molecule has 0 heterocycles. The number of rotatable bonds is 5. The molecular formula is C11H23N3O2. The van der Waals surface area contributed by atoms with E-state index in [1.54, 1.807) is 0 Å². The maximum atomic E-state index is 10.8. The van der Waals surface area contributed by atoms with Crippen molar-refractivity contribution in [3.63, 3.8) is 0 Å². The fourth-order valence-corrected chi connectivity index (χ4v) is 1.11. The molecular weight excluding hydrogens is 206 g/mol. The first-order chi connectivity index (χ1) is 7.35. The van der Waals surface area contributed by atoms with Crippen LogP contribution in [0.4, 0.5) is 0 Å². The fourth-order valence-electron chi connectivity index (χ4n) is 1.11. The van der Waals surface area contributed by atoms with E-state index in [1.807, 2.05) is 20.8 Å². The van der Waals surface area contributed by atoms with Crippen molar-refractivity contribution in [2.45, 2.75) is 45.6 Å². The van der Waals surface area contributed by atoms with Gasteiger partial charge in [0, 0.05) is 18.5 Å². The predicted molar refractivity (Wildman–Crippen MR) is 65.2 cm³/mol. The van der Waals surface area contributed by atoms with E-state index in [1.165, 1.54) is 7.11 Å². The van der Waals surface area contributed by atoms with Gasteiger partial charge in [0.2, 0.25) is 0 Å². The standard InChI is InChI=1S/C11H23N3O2/c1-11(2,3)14-10(12)13-8-6-5-7-9(15)16-4/h5-8H2,1-4H3,(H3,12,13,14). The first-order valence-corrected chi connectivity index (χ1v) is 5.50. The van der Waals surface area contributed by atoms with E-state index < -0.39 is 0 Å². The monoisotopic (exact) mass is 229 g/mol. The molecule has 5 nitrogen and oxygen atoms in total. The van der Waals surface area contributed by atoms with E-state index in [0.717, 1.165) is 12.8 Å². The van der Waals surface area contributed by atoms with E-state index in [-0.39, 0.29) is 11.5 Å².